The summed E-state index contributed by atoms with van der Waals surface area (Å²) < 4.78 is 12.5. The number of carbonyl (C=O) groups excluding carboxylic acids is 1. The van der Waals surface area contributed by atoms with Crippen molar-refractivity contribution in [2.75, 3.05) is 24.6 Å². The van der Waals surface area contributed by atoms with Gasteiger partial charge in [0.25, 0.3) is 0 Å². The van der Waals surface area contributed by atoms with Gasteiger partial charge < -0.3 is 14.4 Å². The van der Waals surface area contributed by atoms with E-state index in [1.165, 1.54) is 5.56 Å². The lowest BCUT2D eigenvalue weighted by Crippen LogP contribution is -2.24. The lowest BCUT2D eigenvalue weighted by molar-refractivity contribution is -0.147. The highest BCUT2D eigenvalue weighted by molar-refractivity contribution is 9.10. The third kappa shape index (κ3) is 6.39. The van der Waals surface area contributed by atoms with E-state index in [1.807, 2.05) is 32.9 Å². The Morgan fingerprint density at radius 1 is 1.21 bits per heavy atom. The Kier molecular flexibility index (Phi) is 9.54. The Morgan fingerprint density at radius 3 is 2.74 bits per heavy atom. The first-order valence-corrected chi connectivity index (χ1v) is 13.5. The molecule has 1 atom stereocenters. The topological polar surface area (TPSA) is 51.7 Å². The molecule has 0 saturated carbocycles. The molecule has 7 heteroatoms. The molecule has 1 unspecified atom stereocenters. The van der Waals surface area contributed by atoms with Crippen molar-refractivity contribution >= 4 is 38.4 Å². The summed E-state index contributed by atoms with van der Waals surface area (Å²) in [5.74, 6) is 0.638. The smallest absolute Gasteiger partial charge is 0.310 e. The molecule has 0 radical (unpaired) electrons. The summed E-state index contributed by atoms with van der Waals surface area (Å²) in [5.41, 5.74) is 5.39. The molecule has 0 amide bonds. The molecule has 34 heavy (non-hydrogen) atoms. The van der Waals surface area contributed by atoms with Crippen molar-refractivity contribution in [2.24, 2.45) is 5.92 Å². The fraction of sp³-hybridized carbons (Fsp3) is 0.407. The number of aromatic nitrogens is 1. The first-order valence-electron chi connectivity index (χ1n) is 11.8. The van der Waals surface area contributed by atoms with Gasteiger partial charge in [-0.05, 0) is 62.6 Å². The standard InChI is InChI=1S/C25H27BrN2O3S.C2H6/c1-4-30-24(29)18-9-10-28(13-18)25-27-22(15-32-25)21-11-16(2)5-8-23(21)31-14-19-6-7-20(26)12-17(19)3;1-2/h5-8,11-12,15,18H,4,9-10,13-14H2,1-3H3;1-2H3. The van der Waals surface area contributed by atoms with E-state index in [2.05, 4.69) is 64.3 Å². The number of nitrogens with zero attached hydrogens (tertiary/aromatic N) is 2. The predicted molar refractivity (Wildman–Crippen MR) is 144 cm³/mol. The number of halogens is 1. The molecule has 0 N–H and O–H groups in total. The Hall–Kier alpha value is -2.38. The summed E-state index contributed by atoms with van der Waals surface area (Å²) in [6, 6.07) is 12.4. The van der Waals surface area contributed by atoms with Gasteiger partial charge in [-0.25, -0.2) is 4.98 Å². The number of carbonyl (C=O) groups is 1. The van der Waals surface area contributed by atoms with Crippen LogP contribution in [0, 0.1) is 19.8 Å². The van der Waals surface area contributed by atoms with Crippen LogP contribution in [-0.2, 0) is 16.1 Å². The molecule has 1 fully saturated rings. The summed E-state index contributed by atoms with van der Waals surface area (Å²) in [6.45, 7) is 12.4. The molecule has 3 aromatic rings. The van der Waals surface area contributed by atoms with Gasteiger partial charge in [0, 0.05) is 28.5 Å². The molecule has 1 saturated heterocycles. The van der Waals surface area contributed by atoms with Gasteiger partial charge in [0.1, 0.15) is 12.4 Å². The van der Waals surface area contributed by atoms with Gasteiger partial charge in [0.15, 0.2) is 5.13 Å². The van der Waals surface area contributed by atoms with E-state index in [4.69, 9.17) is 14.5 Å². The van der Waals surface area contributed by atoms with E-state index >= 15 is 0 Å². The average Bonchev–Trinajstić information content (AvgIpc) is 3.51. The van der Waals surface area contributed by atoms with Crippen molar-refractivity contribution in [2.45, 2.75) is 47.6 Å². The largest absolute Gasteiger partial charge is 0.488 e. The number of thiazole rings is 1. The maximum absolute atomic E-state index is 12.1. The van der Waals surface area contributed by atoms with Crippen LogP contribution in [0.15, 0.2) is 46.3 Å². The molecule has 1 aliphatic rings. The first kappa shape index (κ1) is 26.2. The highest BCUT2D eigenvalue weighted by Gasteiger charge is 2.31. The molecule has 5 nitrogen and oxygen atoms in total. The molecule has 1 aliphatic heterocycles. The molecule has 0 spiro atoms. The summed E-state index contributed by atoms with van der Waals surface area (Å²) >= 11 is 5.12. The van der Waals surface area contributed by atoms with Crippen LogP contribution in [0.3, 0.4) is 0 Å². The molecular formula is C27H33BrN2O3S. The zero-order chi connectivity index (χ0) is 24.7. The number of hydrogen-bond acceptors (Lipinski definition) is 6. The molecule has 182 valence electrons. The second-order valence-electron chi connectivity index (χ2n) is 8.06. The van der Waals surface area contributed by atoms with Crippen LogP contribution >= 0.6 is 27.3 Å². The van der Waals surface area contributed by atoms with Crippen LogP contribution in [0.25, 0.3) is 11.3 Å². The number of rotatable bonds is 7. The lowest BCUT2D eigenvalue weighted by Gasteiger charge is -2.15. The van der Waals surface area contributed by atoms with Crippen molar-refractivity contribution in [1.82, 2.24) is 4.98 Å². The minimum absolute atomic E-state index is 0.0747. The van der Waals surface area contributed by atoms with Crippen LogP contribution in [0.2, 0.25) is 0 Å². The number of esters is 1. The van der Waals surface area contributed by atoms with Crippen molar-refractivity contribution in [3.05, 3.63) is 62.9 Å². The minimum atomic E-state index is -0.107. The maximum Gasteiger partial charge on any atom is 0.310 e. The number of anilines is 1. The third-order valence-corrected chi connectivity index (χ3v) is 7.06. The maximum atomic E-state index is 12.1. The summed E-state index contributed by atoms with van der Waals surface area (Å²) in [5, 5.41) is 3.00. The van der Waals surface area contributed by atoms with Crippen molar-refractivity contribution in [3.8, 4) is 17.0 Å². The van der Waals surface area contributed by atoms with Gasteiger partial charge in [-0.3, -0.25) is 4.79 Å². The highest BCUT2D eigenvalue weighted by Crippen LogP contribution is 2.36. The molecule has 4 rings (SSSR count). The molecule has 2 aromatic carbocycles. The normalized spacial score (nSPS) is 15.0. The first-order chi connectivity index (χ1) is 16.4. The minimum Gasteiger partial charge on any atom is -0.488 e. The number of benzene rings is 2. The van der Waals surface area contributed by atoms with E-state index in [9.17, 15) is 4.79 Å². The average molecular weight is 546 g/mol. The Labute approximate surface area is 215 Å². The van der Waals surface area contributed by atoms with Crippen LogP contribution in [0.5, 0.6) is 5.75 Å². The van der Waals surface area contributed by atoms with Crippen LogP contribution in [-0.4, -0.2) is 30.6 Å². The van der Waals surface area contributed by atoms with Gasteiger partial charge in [-0.15, -0.1) is 11.3 Å². The summed E-state index contributed by atoms with van der Waals surface area (Å²) in [6.07, 6.45) is 0.805. The van der Waals surface area contributed by atoms with Crippen LogP contribution < -0.4 is 9.64 Å². The number of hydrogen-bond donors (Lipinski definition) is 0. The van der Waals surface area contributed by atoms with Crippen molar-refractivity contribution < 1.29 is 14.3 Å². The zero-order valence-electron chi connectivity index (χ0n) is 20.6. The fourth-order valence-corrected chi connectivity index (χ4v) is 5.20. The fourth-order valence-electron chi connectivity index (χ4n) is 3.87. The number of ether oxygens (including phenoxy) is 2. The molecule has 0 aliphatic carbocycles. The van der Waals surface area contributed by atoms with Gasteiger partial charge >= 0.3 is 5.97 Å². The second kappa shape index (κ2) is 12.4. The Balaban J connectivity index is 0.00000158. The van der Waals surface area contributed by atoms with E-state index in [0.717, 1.165) is 50.7 Å². The second-order valence-corrected chi connectivity index (χ2v) is 9.81. The zero-order valence-corrected chi connectivity index (χ0v) is 23.0. The van der Waals surface area contributed by atoms with Gasteiger partial charge in [-0.1, -0.05) is 47.5 Å². The van der Waals surface area contributed by atoms with E-state index in [0.29, 0.717) is 19.8 Å². The lowest BCUT2D eigenvalue weighted by atomic mass is 10.1. The van der Waals surface area contributed by atoms with E-state index < -0.39 is 0 Å². The van der Waals surface area contributed by atoms with Crippen LogP contribution in [0.1, 0.15) is 43.9 Å². The Bertz CT molecular complexity index is 1120. The quantitative estimate of drug-likeness (QED) is 0.294. The van der Waals surface area contributed by atoms with Crippen molar-refractivity contribution in [3.63, 3.8) is 0 Å². The Morgan fingerprint density at radius 2 is 2.00 bits per heavy atom. The third-order valence-electron chi connectivity index (χ3n) is 5.67. The molecule has 1 aromatic heterocycles. The van der Waals surface area contributed by atoms with Gasteiger partial charge in [0.2, 0.25) is 0 Å². The number of aryl methyl sites for hydroxylation is 2. The predicted octanol–water partition coefficient (Wildman–Crippen LogP) is 7.18. The highest BCUT2D eigenvalue weighted by atomic mass is 79.9. The van der Waals surface area contributed by atoms with Gasteiger partial charge in [0.05, 0.1) is 18.2 Å². The summed E-state index contributed by atoms with van der Waals surface area (Å²) in [4.78, 5) is 19.1. The van der Waals surface area contributed by atoms with Crippen LogP contribution in [0.4, 0.5) is 5.13 Å². The monoisotopic (exact) mass is 544 g/mol. The SMILES string of the molecule is CC.CCOC(=O)C1CCN(c2nc(-c3cc(C)ccc3OCc3ccc(Br)cc3C)cs2)C1. The van der Waals surface area contributed by atoms with Crippen molar-refractivity contribution in [1.29, 1.82) is 0 Å². The molecule has 2 heterocycles. The summed E-state index contributed by atoms with van der Waals surface area (Å²) in [7, 11) is 0. The van der Waals surface area contributed by atoms with Gasteiger partial charge in [-0.2, -0.15) is 0 Å². The molecule has 0 bridgehead atoms. The van der Waals surface area contributed by atoms with E-state index in [-0.39, 0.29) is 11.9 Å². The van der Waals surface area contributed by atoms with E-state index in [1.54, 1.807) is 11.3 Å². The molecular weight excluding hydrogens is 512 g/mol.